The molecule has 116 valence electrons. The molecule has 0 radical (unpaired) electrons. The predicted molar refractivity (Wildman–Crippen MR) is 83.6 cm³/mol. The first-order valence-electron chi connectivity index (χ1n) is 7.15. The van der Waals surface area contributed by atoms with Gasteiger partial charge in [-0.1, -0.05) is 13.3 Å². The number of carbonyl (C=O) groups excluding carboxylic acids is 2. The van der Waals surface area contributed by atoms with Crippen molar-refractivity contribution in [1.29, 1.82) is 0 Å². The third kappa shape index (κ3) is 3.29. The van der Waals surface area contributed by atoms with Crippen LogP contribution in [0, 0.1) is 5.92 Å². The first kappa shape index (κ1) is 15.6. The quantitative estimate of drug-likeness (QED) is 0.669. The van der Waals surface area contributed by atoms with Crippen molar-refractivity contribution in [2.45, 2.75) is 39.2 Å². The minimum Gasteiger partial charge on any atom is -0.462 e. The van der Waals surface area contributed by atoms with Gasteiger partial charge in [0.1, 0.15) is 15.4 Å². The lowest BCUT2D eigenvalue weighted by Gasteiger charge is -2.07. The van der Waals surface area contributed by atoms with Gasteiger partial charge in [-0.2, -0.15) is 0 Å². The molecule has 1 aromatic rings. The zero-order chi connectivity index (χ0) is 15.6. The molecule has 0 saturated heterocycles. The van der Waals surface area contributed by atoms with Gasteiger partial charge in [-0.25, -0.2) is 4.79 Å². The Bertz CT molecular complexity index is 556. The smallest absolute Gasteiger partial charge is 0.343 e. The standard InChI is InChI=1S/C14H21N3O3S/c1-3-5-7-6-8(7)17-13-9(14(19)20-4-2)10(15)11(21-13)12(16)18/h7-8,17H,3-6,15H2,1-2H3,(H2,16,18). The predicted octanol–water partition coefficient (Wildman–Crippen LogP) is 2.21. The van der Waals surface area contributed by atoms with Crippen molar-refractivity contribution in [3.05, 3.63) is 10.4 Å². The summed E-state index contributed by atoms with van der Waals surface area (Å²) in [7, 11) is 0. The summed E-state index contributed by atoms with van der Waals surface area (Å²) in [6, 6.07) is 0.330. The number of amides is 1. The molecule has 1 fully saturated rings. The minimum atomic E-state index is -0.628. The van der Waals surface area contributed by atoms with Gasteiger partial charge in [0.05, 0.1) is 12.3 Å². The van der Waals surface area contributed by atoms with Crippen LogP contribution in [0.1, 0.15) is 53.1 Å². The van der Waals surface area contributed by atoms with Crippen molar-refractivity contribution >= 4 is 33.9 Å². The second-order valence-corrected chi connectivity index (χ2v) is 6.19. The summed E-state index contributed by atoms with van der Waals surface area (Å²) in [6.07, 6.45) is 3.35. The van der Waals surface area contributed by atoms with Gasteiger partial charge in [0.25, 0.3) is 5.91 Å². The first-order valence-corrected chi connectivity index (χ1v) is 7.96. The van der Waals surface area contributed by atoms with Crippen LogP contribution >= 0.6 is 11.3 Å². The molecule has 0 aliphatic heterocycles. The molecule has 6 nitrogen and oxygen atoms in total. The molecule has 2 unspecified atom stereocenters. The van der Waals surface area contributed by atoms with Crippen LogP contribution in [-0.4, -0.2) is 24.5 Å². The molecule has 1 aliphatic carbocycles. The molecule has 5 N–H and O–H groups in total. The molecule has 1 saturated carbocycles. The Hall–Kier alpha value is -1.76. The van der Waals surface area contributed by atoms with E-state index in [1.54, 1.807) is 6.92 Å². The van der Waals surface area contributed by atoms with Crippen LogP contribution in [-0.2, 0) is 4.74 Å². The van der Waals surface area contributed by atoms with Gasteiger partial charge >= 0.3 is 5.97 Å². The Morgan fingerprint density at radius 1 is 1.43 bits per heavy atom. The number of nitrogens with one attached hydrogen (secondary N) is 1. The van der Waals surface area contributed by atoms with E-state index in [4.69, 9.17) is 16.2 Å². The number of carbonyl (C=O) groups is 2. The van der Waals surface area contributed by atoms with E-state index in [2.05, 4.69) is 12.2 Å². The van der Waals surface area contributed by atoms with Gasteiger partial charge in [-0.15, -0.1) is 11.3 Å². The van der Waals surface area contributed by atoms with Crippen LogP contribution in [0.2, 0.25) is 0 Å². The fourth-order valence-electron chi connectivity index (χ4n) is 2.42. The Morgan fingerprint density at radius 2 is 2.14 bits per heavy atom. The number of hydrogen-bond acceptors (Lipinski definition) is 6. The van der Waals surface area contributed by atoms with Crippen LogP contribution in [0.15, 0.2) is 0 Å². The summed E-state index contributed by atoms with van der Waals surface area (Å²) < 4.78 is 5.01. The van der Waals surface area contributed by atoms with Crippen molar-refractivity contribution in [1.82, 2.24) is 0 Å². The molecule has 0 bridgehead atoms. The lowest BCUT2D eigenvalue weighted by molar-refractivity contribution is 0.0529. The van der Waals surface area contributed by atoms with Crippen molar-refractivity contribution < 1.29 is 14.3 Å². The lowest BCUT2D eigenvalue weighted by Crippen LogP contribution is -2.14. The highest BCUT2D eigenvalue weighted by Crippen LogP contribution is 2.42. The number of esters is 1. The number of hydrogen-bond donors (Lipinski definition) is 3. The maximum absolute atomic E-state index is 12.0. The second-order valence-electron chi connectivity index (χ2n) is 5.17. The second kappa shape index (κ2) is 6.34. The average Bonchev–Trinajstić information content (AvgIpc) is 3.04. The summed E-state index contributed by atoms with van der Waals surface area (Å²) in [6.45, 7) is 4.12. The molecular formula is C14H21N3O3S. The van der Waals surface area contributed by atoms with E-state index in [1.165, 1.54) is 0 Å². The number of rotatable bonds is 7. The van der Waals surface area contributed by atoms with Crippen molar-refractivity contribution in [3.63, 3.8) is 0 Å². The fourth-order valence-corrected chi connectivity index (χ4v) is 3.44. The SMILES string of the molecule is CCCC1CC1Nc1sc(C(N)=O)c(N)c1C(=O)OCC. The van der Waals surface area contributed by atoms with E-state index in [1.807, 2.05) is 0 Å². The third-order valence-corrected chi connectivity index (χ3v) is 4.70. The van der Waals surface area contributed by atoms with Gasteiger partial charge in [0, 0.05) is 6.04 Å². The van der Waals surface area contributed by atoms with Crippen LogP contribution in [0.5, 0.6) is 0 Å². The zero-order valence-electron chi connectivity index (χ0n) is 12.3. The molecule has 1 heterocycles. The topological polar surface area (TPSA) is 107 Å². The molecule has 2 atom stereocenters. The van der Waals surface area contributed by atoms with Gasteiger partial charge < -0.3 is 21.5 Å². The van der Waals surface area contributed by atoms with E-state index in [0.29, 0.717) is 17.0 Å². The number of ether oxygens (including phenoxy) is 1. The highest BCUT2D eigenvalue weighted by molar-refractivity contribution is 7.19. The third-order valence-electron chi connectivity index (χ3n) is 3.55. The lowest BCUT2D eigenvalue weighted by atomic mass is 10.2. The van der Waals surface area contributed by atoms with Crippen LogP contribution in [0.4, 0.5) is 10.7 Å². The molecule has 21 heavy (non-hydrogen) atoms. The maximum Gasteiger partial charge on any atom is 0.343 e. The summed E-state index contributed by atoms with van der Waals surface area (Å²) in [5, 5.41) is 3.89. The van der Waals surface area contributed by atoms with E-state index in [0.717, 1.165) is 30.6 Å². The minimum absolute atomic E-state index is 0.112. The number of nitrogen functional groups attached to an aromatic ring is 1. The molecule has 1 aliphatic rings. The largest absolute Gasteiger partial charge is 0.462 e. The Morgan fingerprint density at radius 3 is 2.71 bits per heavy atom. The molecule has 0 spiro atoms. The highest BCUT2D eigenvalue weighted by Gasteiger charge is 2.38. The molecule has 0 aromatic carbocycles. The van der Waals surface area contributed by atoms with E-state index in [-0.39, 0.29) is 22.7 Å². The monoisotopic (exact) mass is 311 g/mol. The van der Waals surface area contributed by atoms with Gasteiger partial charge in [0.15, 0.2) is 0 Å². The van der Waals surface area contributed by atoms with Gasteiger partial charge in [0.2, 0.25) is 0 Å². The molecule has 2 rings (SSSR count). The summed E-state index contributed by atoms with van der Waals surface area (Å²) in [5.41, 5.74) is 11.5. The number of thiophene rings is 1. The van der Waals surface area contributed by atoms with Crippen LogP contribution in [0.3, 0.4) is 0 Å². The summed E-state index contributed by atoms with van der Waals surface area (Å²) >= 11 is 1.13. The van der Waals surface area contributed by atoms with Crippen molar-refractivity contribution in [2.24, 2.45) is 11.7 Å². The van der Waals surface area contributed by atoms with E-state index < -0.39 is 11.9 Å². The fraction of sp³-hybridized carbons (Fsp3) is 0.571. The highest BCUT2D eigenvalue weighted by atomic mass is 32.1. The molecule has 7 heteroatoms. The van der Waals surface area contributed by atoms with Crippen LogP contribution in [0.25, 0.3) is 0 Å². The Labute approximate surface area is 127 Å². The van der Waals surface area contributed by atoms with Crippen molar-refractivity contribution in [3.8, 4) is 0 Å². The first-order chi connectivity index (χ1) is 9.99. The summed E-state index contributed by atoms with van der Waals surface area (Å²) in [5.74, 6) is -0.531. The number of primary amides is 1. The number of nitrogens with two attached hydrogens (primary N) is 2. The maximum atomic E-state index is 12.0. The molecule has 1 aromatic heterocycles. The van der Waals surface area contributed by atoms with Crippen molar-refractivity contribution in [2.75, 3.05) is 17.7 Å². The average molecular weight is 311 g/mol. The van der Waals surface area contributed by atoms with Crippen LogP contribution < -0.4 is 16.8 Å². The van der Waals surface area contributed by atoms with Gasteiger partial charge in [-0.3, -0.25) is 4.79 Å². The Balaban J connectivity index is 2.24. The summed E-state index contributed by atoms with van der Waals surface area (Å²) in [4.78, 5) is 23.7. The molecule has 1 amide bonds. The van der Waals surface area contributed by atoms with Gasteiger partial charge in [-0.05, 0) is 25.7 Å². The number of anilines is 2. The van der Waals surface area contributed by atoms with E-state index >= 15 is 0 Å². The Kier molecular flexibility index (Phi) is 4.72. The molecular weight excluding hydrogens is 290 g/mol. The normalized spacial score (nSPS) is 20.1. The zero-order valence-corrected chi connectivity index (χ0v) is 13.1. The van der Waals surface area contributed by atoms with E-state index in [9.17, 15) is 9.59 Å².